The van der Waals surface area contributed by atoms with E-state index in [0.717, 1.165) is 39.9 Å². The number of rotatable bonds is 10. The number of nitrogens with zero attached hydrogens (tertiary/aromatic N) is 3. The number of thiophene rings is 2. The summed E-state index contributed by atoms with van der Waals surface area (Å²) in [7, 11) is 0. The number of hydrogen-bond acceptors (Lipinski definition) is 9. The van der Waals surface area contributed by atoms with Gasteiger partial charge in [-0.1, -0.05) is 33.8 Å². The number of fused-ring (bicyclic) bond motifs is 1. The van der Waals surface area contributed by atoms with E-state index >= 15 is 0 Å². The summed E-state index contributed by atoms with van der Waals surface area (Å²) >= 11 is 7.49. The van der Waals surface area contributed by atoms with E-state index in [4.69, 9.17) is 4.74 Å². The van der Waals surface area contributed by atoms with Gasteiger partial charge in [-0.15, -0.1) is 32.9 Å². The molecule has 1 aliphatic rings. The second-order valence-electron chi connectivity index (χ2n) is 8.49. The molecule has 0 saturated heterocycles. The Hall–Kier alpha value is -3.00. The van der Waals surface area contributed by atoms with E-state index in [1.165, 1.54) is 34.4 Å². The molecule has 13 heteroatoms. The number of halogens is 1. The maximum absolute atomic E-state index is 13.0. The number of nitrogens with one attached hydrogen (secondary N) is 2. The number of esters is 1. The molecule has 0 spiro atoms. The summed E-state index contributed by atoms with van der Waals surface area (Å²) in [4.78, 5) is 39.8. The molecule has 3 aromatic heterocycles. The number of benzene rings is 1. The molecule has 4 aromatic rings. The first-order valence-electron chi connectivity index (χ1n) is 12.2. The minimum absolute atomic E-state index is 0.0566. The zero-order valence-electron chi connectivity index (χ0n) is 20.9. The maximum Gasteiger partial charge on any atom is 0.341 e. The van der Waals surface area contributed by atoms with Crippen molar-refractivity contribution in [3.63, 3.8) is 0 Å². The second-order valence-corrected chi connectivity index (χ2v) is 12.4. The summed E-state index contributed by atoms with van der Waals surface area (Å²) in [5.41, 5.74) is 2.27. The molecule has 2 amide bonds. The maximum atomic E-state index is 13.0. The summed E-state index contributed by atoms with van der Waals surface area (Å²) in [5, 5.41) is 17.3. The van der Waals surface area contributed by atoms with Crippen molar-refractivity contribution >= 4 is 73.2 Å². The van der Waals surface area contributed by atoms with Gasteiger partial charge in [0.05, 0.1) is 29.3 Å². The molecule has 0 saturated carbocycles. The van der Waals surface area contributed by atoms with Crippen molar-refractivity contribution in [2.75, 3.05) is 17.7 Å². The molecule has 3 heterocycles. The number of ether oxygens (including phenoxy) is 1. The monoisotopic (exact) mass is 645 g/mol. The van der Waals surface area contributed by atoms with Crippen LogP contribution in [0.2, 0.25) is 0 Å². The Kier molecular flexibility index (Phi) is 8.80. The Morgan fingerprint density at radius 3 is 2.72 bits per heavy atom. The quantitative estimate of drug-likeness (QED) is 0.173. The summed E-state index contributed by atoms with van der Waals surface area (Å²) in [5.74, 6) is -0.262. The normalized spacial score (nSPS) is 12.3. The molecule has 202 valence electrons. The van der Waals surface area contributed by atoms with Gasteiger partial charge in [-0.2, -0.15) is 0 Å². The smallest absolute Gasteiger partial charge is 0.341 e. The highest BCUT2D eigenvalue weighted by Gasteiger charge is 2.28. The van der Waals surface area contributed by atoms with E-state index in [1.54, 1.807) is 13.0 Å². The summed E-state index contributed by atoms with van der Waals surface area (Å²) < 4.78 is 8.00. The number of thioether (sulfide) groups is 1. The van der Waals surface area contributed by atoms with E-state index in [9.17, 15) is 14.4 Å². The van der Waals surface area contributed by atoms with Gasteiger partial charge in [0, 0.05) is 15.0 Å². The van der Waals surface area contributed by atoms with Crippen LogP contribution in [-0.4, -0.2) is 44.9 Å². The molecule has 2 N–H and O–H groups in total. The van der Waals surface area contributed by atoms with Crippen molar-refractivity contribution < 1.29 is 19.1 Å². The van der Waals surface area contributed by atoms with Crippen LogP contribution < -0.4 is 10.6 Å². The topological polar surface area (TPSA) is 115 Å². The van der Waals surface area contributed by atoms with Gasteiger partial charge < -0.3 is 15.4 Å². The van der Waals surface area contributed by atoms with Crippen molar-refractivity contribution in [3.8, 4) is 5.69 Å². The third kappa shape index (κ3) is 6.26. The van der Waals surface area contributed by atoms with Crippen LogP contribution in [0.3, 0.4) is 0 Å². The molecule has 5 rings (SSSR count). The average molecular weight is 647 g/mol. The van der Waals surface area contributed by atoms with E-state index in [0.29, 0.717) is 26.4 Å². The number of aryl methyl sites for hydroxylation is 1. The molecule has 0 bridgehead atoms. The summed E-state index contributed by atoms with van der Waals surface area (Å²) in [6, 6.07) is 11.2. The van der Waals surface area contributed by atoms with Crippen LogP contribution in [0.5, 0.6) is 0 Å². The van der Waals surface area contributed by atoms with Crippen LogP contribution in [0.4, 0.5) is 5.00 Å². The zero-order chi connectivity index (χ0) is 27.4. The van der Waals surface area contributed by atoms with Crippen molar-refractivity contribution in [1.82, 2.24) is 20.1 Å². The number of anilines is 1. The molecule has 0 unspecified atom stereocenters. The van der Waals surface area contributed by atoms with E-state index in [-0.39, 0.29) is 30.7 Å². The molecule has 1 aliphatic carbocycles. The highest BCUT2D eigenvalue weighted by molar-refractivity contribution is 9.10. The third-order valence-corrected chi connectivity index (χ3v) is 9.46. The summed E-state index contributed by atoms with van der Waals surface area (Å²) in [6.45, 7) is 2.20. The van der Waals surface area contributed by atoms with Crippen LogP contribution in [0.1, 0.15) is 49.6 Å². The minimum Gasteiger partial charge on any atom is -0.462 e. The lowest BCUT2D eigenvalue weighted by molar-refractivity contribution is -0.113. The lowest BCUT2D eigenvalue weighted by atomic mass is 10.1. The van der Waals surface area contributed by atoms with Gasteiger partial charge in [0.25, 0.3) is 5.91 Å². The van der Waals surface area contributed by atoms with Crippen molar-refractivity contribution in [2.45, 2.75) is 37.9 Å². The predicted molar refractivity (Wildman–Crippen MR) is 156 cm³/mol. The fraction of sp³-hybridized carbons (Fsp3) is 0.269. The number of hydrogen-bond donors (Lipinski definition) is 2. The van der Waals surface area contributed by atoms with Crippen LogP contribution in [-0.2, 0) is 28.9 Å². The third-order valence-electron chi connectivity index (χ3n) is 5.92. The van der Waals surface area contributed by atoms with Gasteiger partial charge in [-0.05, 0) is 67.5 Å². The van der Waals surface area contributed by atoms with Crippen LogP contribution >= 0.6 is 50.4 Å². The Morgan fingerprint density at radius 2 is 1.97 bits per heavy atom. The Morgan fingerprint density at radius 1 is 1.15 bits per heavy atom. The van der Waals surface area contributed by atoms with Crippen molar-refractivity contribution in [3.05, 3.63) is 73.0 Å². The van der Waals surface area contributed by atoms with Gasteiger partial charge in [0.2, 0.25) is 5.91 Å². The standard InChI is InChI=1S/C26H24BrN5O4S3/c1-2-36-25(35)22-17-5-3-6-18(17)39-24(22)29-21(33)14-38-26-31-30-20(13-28-23(34)19-7-4-12-37-19)32(26)16-10-8-15(27)9-11-16/h4,7-12H,2-3,5-6,13-14H2,1H3,(H,28,34)(H,29,33). The Bertz CT molecular complexity index is 1500. The molecule has 0 fully saturated rings. The Labute approximate surface area is 245 Å². The highest BCUT2D eigenvalue weighted by atomic mass is 79.9. The molecule has 0 aliphatic heterocycles. The number of amides is 2. The average Bonchev–Trinajstić information content (AvgIpc) is 3.71. The fourth-order valence-electron chi connectivity index (χ4n) is 4.22. The van der Waals surface area contributed by atoms with E-state index < -0.39 is 5.97 Å². The molecular weight excluding hydrogens is 622 g/mol. The first-order valence-corrected chi connectivity index (χ1v) is 15.7. The predicted octanol–water partition coefficient (Wildman–Crippen LogP) is 5.48. The fourth-order valence-corrected chi connectivity index (χ4v) is 7.19. The van der Waals surface area contributed by atoms with Crippen molar-refractivity contribution in [1.29, 1.82) is 0 Å². The molecule has 39 heavy (non-hydrogen) atoms. The molecule has 0 radical (unpaired) electrons. The van der Waals surface area contributed by atoms with Crippen LogP contribution in [0.25, 0.3) is 5.69 Å². The molecule has 0 atom stereocenters. The van der Waals surface area contributed by atoms with E-state index in [2.05, 4.69) is 36.8 Å². The number of carbonyl (C=O) groups excluding carboxylic acids is 3. The van der Waals surface area contributed by atoms with Crippen molar-refractivity contribution in [2.24, 2.45) is 0 Å². The largest absolute Gasteiger partial charge is 0.462 e. The number of carbonyl (C=O) groups is 3. The van der Waals surface area contributed by atoms with Crippen LogP contribution in [0, 0.1) is 0 Å². The second kappa shape index (κ2) is 12.5. The SMILES string of the molecule is CCOC(=O)c1c(NC(=O)CSc2nnc(CNC(=O)c3cccs3)n2-c2ccc(Br)cc2)sc2c1CCC2. The minimum atomic E-state index is -0.399. The lowest BCUT2D eigenvalue weighted by Crippen LogP contribution is -2.24. The van der Waals surface area contributed by atoms with Gasteiger partial charge in [0.1, 0.15) is 5.00 Å². The molecular formula is C26H24BrN5O4S3. The molecule has 1 aromatic carbocycles. The van der Waals surface area contributed by atoms with Crippen LogP contribution in [0.15, 0.2) is 51.4 Å². The van der Waals surface area contributed by atoms with E-state index in [1.807, 2.05) is 40.3 Å². The van der Waals surface area contributed by atoms with Gasteiger partial charge in [-0.25, -0.2) is 4.79 Å². The zero-order valence-corrected chi connectivity index (χ0v) is 24.9. The molecule has 9 nitrogen and oxygen atoms in total. The lowest BCUT2D eigenvalue weighted by Gasteiger charge is -2.11. The van der Waals surface area contributed by atoms with Gasteiger partial charge in [-0.3, -0.25) is 14.2 Å². The summed E-state index contributed by atoms with van der Waals surface area (Å²) in [6.07, 6.45) is 2.71. The highest BCUT2D eigenvalue weighted by Crippen LogP contribution is 2.39. The van der Waals surface area contributed by atoms with Gasteiger partial charge in [0.15, 0.2) is 11.0 Å². The first kappa shape index (κ1) is 27.6. The Balaban J connectivity index is 1.32. The number of aromatic nitrogens is 3. The van der Waals surface area contributed by atoms with Gasteiger partial charge >= 0.3 is 5.97 Å². The first-order chi connectivity index (χ1) is 18.9.